The molecule has 4 rings (SSSR count). The summed E-state index contributed by atoms with van der Waals surface area (Å²) in [6.45, 7) is 1.11. The van der Waals surface area contributed by atoms with Crippen molar-refractivity contribution in [3.8, 4) is 0 Å². The predicted molar refractivity (Wildman–Crippen MR) is 87.3 cm³/mol. The molecule has 122 valence electrons. The van der Waals surface area contributed by atoms with Gasteiger partial charge in [-0.15, -0.1) is 0 Å². The van der Waals surface area contributed by atoms with Crippen molar-refractivity contribution in [3.63, 3.8) is 0 Å². The van der Waals surface area contributed by atoms with Gasteiger partial charge in [-0.2, -0.15) is 0 Å². The fourth-order valence-corrected chi connectivity index (χ4v) is 3.26. The molecule has 0 atom stereocenters. The van der Waals surface area contributed by atoms with E-state index >= 15 is 0 Å². The quantitative estimate of drug-likeness (QED) is 0.816. The first-order chi connectivity index (χ1) is 11.6. The lowest BCUT2D eigenvalue weighted by Gasteiger charge is -2.33. The Bertz CT molecular complexity index is 944. The Balaban J connectivity index is 1.61. The molecule has 0 radical (unpaired) electrons. The van der Waals surface area contributed by atoms with Crippen molar-refractivity contribution in [1.82, 2.24) is 20.2 Å². The third kappa shape index (κ3) is 2.47. The summed E-state index contributed by atoms with van der Waals surface area (Å²) in [5.74, 6) is -0.0261. The van der Waals surface area contributed by atoms with Gasteiger partial charge >= 0.3 is 0 Å². The summed E-state index contributed by atoms with van der Waals surface area (Å²) in [6.07, 6.45) is 3.18. The summed E-state index contributed by atoms with van der Waals surface area (Å²) >= 11 is 0. The first-order valence-corrected chi connectivity index (χ1v) is 7.89. The average molecular weight is 324 g/mol. The topological polar surface area (TPSA) is 95.2 Å². The number of carbonyl (C=O) groups is 2. The standard InChI is InChI=1S/C17H16N4O3/c22-15-4-2-11-8-21(6-5-13(11)20-15)17(24)10-1-3-12-14(7-10)18-9-19-16(12)23/h1,3,7,9H,2,4-6,8H2,(H,20,22)(H,18,19,23). The van der Waals surface area contributed by atoms with E-state index in [9.17, 15) is 14.4 Å². The Morgan fingerprint density at radius 2 is 2.04 bits per heavy atom. The summed E-state index contributed by atoms with van der Waals surface area (Å²) in [6, 6.07) is 4.94. The highest BCUT2D eigenvalue weighted by atomic mass is 16.2. The Morgan fingerprint density at radius 3 is 2.92 bits per heavy atom. The summed E-state index contributed by atoms with van der Waals surface area (Å²) in [7, 11) is 0. The molecule has 2 aliphatic rings. The number of H-pyrrole nitrogens is 1. The number of hydrogen-bond donors (Lipinski definition) is 2. The Hall–Kier alpha value is -2.96. The first-order valence-electron chi connectivity index (χ1n) is 7.89. The van der Waals surface area contributed by atoms with Crippen molar-refractivity contribution in [1.29, 1.82) is 0 Å². The van der Waals surface area contributed by atoms with Crippen LogP contribution in [0.2, 0.25) is 0 Å². The number of fused-ring (bicyclic) bond motifs is 1. The molecule has 1 aromatic carbocycles. The fourth-order valence-electron chi connectivity index (χ4n) is 3.26. The van der Waals surface area contributed by atoms with Crippen LogP contribution in [-0.2, 0) is 4.79 Å². The van der Waals surface area contributed by atoms with E-state index in [1.165, 1.54) is 6.33 Å². The van der Waals surface area contributed by atoms with Crippen LogP contribution in [0.3, 0.4) is 0 Å². The molecule has 24 heavy (non-hydrogen) atoms. The average Bonchev–Trinajstić information content (AvgIpc) is 2.60. The number of rotatable bonds is 1. The molecule has 2 aliphatic heterocycles. The molecule has 7 nitrogen and oxygen atoms in total. The van der Waals surface area contributed by atoms with Crippen molar-refractivity contribution < 1.29 is 9.59 Å². The van der Waals surface area contributed by atoms with Crippen LogP contribution in [0.4, 0.5) is 0 Å². The number of aromatic nitrogens is 2. The minimum Gasteiger partial charge on any atom is -0.334 e. The number of benzene rings is 1. The van der Waals surface area contributed by atoms with Gasteiger partial charge < -0.3 is 15.2 Å². The molecule has 0 bridgehead atoms. The van der Waals surface area contributed by atoms with Gasteiger partial charge in [0.25, 0.3) is 11.5 Å². The SMILES string of the molecule is O=C1CCC2=C(CCN(C(=O)c3ccc4c(=O)[nH]cnc4c3)C2)N1. The van der Waals surface area contributed by atoms with E-state index in [-0.39, 0.29) is 17.4 Å². The highest BCUT2D eigenvalue weighted by Gasteiger charge is 2.27. The molecule has 2 amide bonds. The lowest BCUT2D eigenvalue weighted by Crippen LogP contribution is -2.42. The fraction of sp³-hybridized carbons (Fsp3) is 0.294. The van der Waals surface area contributed by atoms with Crippen molar-refractivity contribution in [2.75, 3.05) is 13.1 Å². The van der Waals surface area contributed by atoms with Gasteiger partial charge in [0.2, 0.25) is 5.91 Å². The van der Waals surface area contributed by atoms with Crippen LogP contribution in [0.15, 0.2) is 40.6 Å². The van der Waals surface area contributed by atoms with E-state index < -0.39 is 0 Å². The molecule has 0 spiro atoms. The van der Waals surface area contributed by atoms with Crippen LogP contribution in [0.25, 0.3) is 10.9 Å². The normalized spacial score (nSPS) is 17.7. The molecule has 0 fully saturated rings. The minimum absolute atomic E-state index is 0.0550. The summed E-state index contributed by atoms with van der Waals surface area (Å²) in [5, 5.41) is 3.37. The number of amides is 2. The van der Waals surface area contributed by atoms with Gasteiger partial charge in [-0.25, -0.2) is 4.98 Å². The molecule has 7 heteroatoms. The van der Waals surface area contributed by atoms with Gasteiger partial charge in [-0.1, -0.05) is 0 Å². The zero-order valence-corrected chi connectivity index (χ0v) is 13.0. The van der Waals surface area contributed by atoms with Gasteiger partial charge in [-0.3, -0.25) is 14.4 Å². The van der Waals surface area contributed by atoms with Gasteiger partial charge in [0.15, 0.2) is 0 Å². The summed E-state index contributed by atoms with van der Waals surface area (Å²) in [5.41, 5.74) is 2.91. The molecule has 3 heterocycles. The minimum atomic E-state index is -0.218. The zero-order valence-electron chi connectivity index (χ0n) is 13.0. The third-order valence-electron chi connectivity index (χ3n) is 4.56. The van der Waals surface area contributed by atoms with E-state index in [0.29, 0.717) is 48.8 Å². The highest BCUT2D eigenvalue weighted by Crippen LogP contribution is 2.25. The van der Waals surface area contributed by atoms with Gasteiger partial charge in [0.1, 0.15) is 0 Å². The van der Waals surface area contributed by atoms with Crippen LogP contribution in [0, 0.1) is 0 Å². The van der Waals surface area contributed by atoms with E-state index in [4.69, 9.17) is 0 Å². The largest absolute Gasteiger partial charge is 0.334 e. The molecule has 2 N–H and O–H groups in total. The second-order valence-corrected chi connectivity index (χ2v) is 6.07. The zero-order chi connectivity index (χ0) is 16.7. The number of carbonyl (C=O) groups excluding carboxylic acids is 2. The highest BCUT2D eigenvalue weighted by molar-refractivity contribution is 5.98. The second kappa shape index (κ2) is 5.59. The number of hydrogen-bond acceptors (Lipinski definition) is 4. The lowest BCUT2D eigenvalue weighted by atomic mass is 9.97. The maximum absolute atomic E-state index is 12.8. The molecule has 0 unspecified atom stereocenters. The van der Waals surface area contributed by atoms with Crippen molar-refractivity contribution in [2.24, 2.45) is 0 Å². The molecular formula is C17H16N4O3. The number of nitrogens with zero attached hydrogens (tertiary/aromatic N) is 2. The molecule has 2 aromatic rings. The van der Waals surface area contributed by atoms with E-state index in [0.717, 1.165) is 11.3 Å². The maximum atomic E-state index is 12.8. The van der Waals surface area contributed by atoms with Crippen LogP contribution in [0.1, 0.15) is 29.6 Å². The van der Waals surface area contributed by atoms with Crippen LogP contribution < -0.4 is 10.9 Å². The second-order valence-electron chi connectivity index (χ2n) is 6.07. The number of aromatic amines is 1. The Morgan fingerprint density at radius 1 is 1.17 bits per heavy atom. The molecular weight excluding hydrogens is 308 g/mol. The predicted octanol–water partition coefficient (Wildman–Crippen LogP) is 0.933. The van der Waals surface area contributed by atoms with Gasteiger partial charge in [-0.05, 0) is 30.2 Å². The van der Waals surface area contributed by atoms with Crippen molar-refractivity contribution in [3.05, 3.63) is 51.7 Å². The van der Waals surface area contributed by atoms with Crippen molar-refractivity contribution >= 4 is 22.7 Å². The van der Waals surface area contributed by atoms with E-state index in [1.807, 2.05) is 0 Å². The number of nitrogens with one attached hydrogen (secondary N) is 2. The van der Waals surface area contributed by atoms with Crippen molar-refractivity contribution in [2.45, 2.75) is 19.3 Å². The molecule has 0 saturated heterocycles. The van der Waals surface area contributed by atoms with E-state index in [1.54, 1.807) is 23.1 Å². The smallest absolute Gasteiger partial charge is 0.258 e. The van der Waals surface area contributed by atoms with E-state index in [2.05, 4.69) is 15.3 Å². The molecule has 0 aliphatic carbocycles. The lowest BCUT2D eigenvalue weighted by molar-refractivity contribution is -0.120. The summed E-state index contributed by atoms with van der Waals surface area (Å²) in [4.78, 5) is 44.4. The Kier molecular flexibility index (Phi) is 3.41. The maximum Gasteiger partial charge on any atom is 0.258 e. The van der Waals surface area contributed by atoms with Gasteiger partial charge in [0, 0.05) is 37.2 Å². The Labute approximate surface area is 137 Å². The van der Waals surface area contributed by atoms with Crippen LogP contribution in [0.5, 0.6) is 0 Å². The first kappa shape index (κ1) is 14.6. The molecule has 1 aromatic heterocycles. The van der Waals surface area contributed by atoms with Crippen LogP contribution >= 0.6 is 0 Å². The summed E-state index contributed by atoms with van der Waals surface area (Å²) < 4.78 is 0. The monoisotopic (exact) mass is 324 g/mol. The third-order valence-corrected chi connectivity index (χ3v) is 4.56. The van der Waals surface area contributed by atoms with Gasteiger partial charge in [0.05, 0.1) is 17.2 Å². The van der Waals surface area contributed by atoms with Crippen LogP contribution in [-0.4, -0.2) is 39.8 Å². The molecule has 0 saturated carbocycles.